The first-order chi connectivity index (χ1) is 12.1. The molecule has 0 bridgehead atoms. The predicted octanol–water partition coefficient (Wildman–Crippen LogP) is 1.43. The van der Waals surface area contributed by atoms with Gasteiger partial charge in [-0.05, 0) is 43.4 Å². The molecule has 2 amide bonds. The lowest BCUT2D eigenvalue weighted by molar-refractivity contribution is -0.128. The Kier molecular flexibility index (Phi) is 6.91. The number of aryl methyl sites for hydroxylation is 1. The van der Waals surface area contributed by atoms with Gasteiger partial charge in [-0.15, -0.1) is 0 Å². The van der Waals surface area contributed by atoms with Crippen LogP contribution in [-0.4, -0.2) is 45.7 Å². The van der Waals surface area contributed by atoms with Crippen molar-refractivity contribution >= 4 is 11.8 Å². The summed E-state index contributed by atoms with van der Waals surface area (Å²) < 4.78 is 15.9. The molecule has 0 aliphatic carbocycles. The van der Waals surface area contributed by atoms with Crippen molar-refractivity contribution in [3.05, 3.63) is 17.7 Å². The zero-order valence-electron chi connectivity index (χ0n) is 15.0. The zero-order chi connectivity index (χ0) is 18.2. The van der Waals surface area contributed by atoms with Gasteiger partial charge >= 0.3 is 0 Å². The summed E-state index contributed by atoms with van der Waals surface area (Å²) in [5.74, 6) is 1.39. The van der Waals surface area contributed by atoms with Gasteiger partial charge < -0.3 is 24.8 Å². The van der Waals surface area contributed by atoms with Crippen molar-refractivity contribution in [3.63, 3.8) is 0 Å². The maximum absolute atomic E-state index is 12.2. The van der Waals surface area contributed by atoms with Crippen molar-refractivity contribution in [1.82, 2.24) is 10.6 Å². The van der Waals surface area contributed by atoms with E-state index in [4.69, 9.17) is 14.2 Å². The molecule has 138 valence electrons. The Morgan fingerprint density at radius 1 is 1.16 bits per heavy atom. The second-order valence-electron chi connectivity index (χ2n) is 5.94. The summed E-state index contributed by atoms with van der Waals surface area (Å²) in [5.41, 5.74) is 0.898. The van der Waals surface area contributed by atoms with E-state index in [9.17, 15) is 9.59 Å². The lowest BCUT2D eigenvalue weighted by Gasteiger charge is -2.16. The topological polar surface area (TPSA) is 85.9 Å². The second-order valence-corrected chi connectivity index (χ2v) is 5.94. The Balaban J connectivity index is 1.98. The van der Waals surface area contributed by atoms with Gasteiger partial charge in [0, 0.05) is 13.0 Å². The van der Waals surface area contributed by atoms with Gasteiger partial charge in [0.05, 0.1) is 21.3 Å². The van der Waals surface area contributed by atoms with Gasteiger partial charge in [0.2, 0.25) is 17.6 Å². The molecule has 1 saturated heterocycles. The molecule has 1 aromatic carbocycles. The Morgan fingerprint density at radius 2 is 1.84 bits per heavy atom. The monoisotopic (exact) mass is 350 g/mol. The Hall–Kier alpha value is -2.44. The average Bonchev–Trinajstić information content (AvgIpc) is 2.83. The fraction of sp³-hybridized carbons (Fsp3) is 0.556. The predicted molar refractivity (Wildman–Crippen MR) is 93.2 cm³/mol. The number of ether oxygens (including phenoxy) is 3. The molecule has 1 heterocycles. The number of hydrogen-bond acceptors (Lipinski definition) is 5. The van der Waals surface area contributed by atoms with Crippen molar-refractivity contribution in [2.45, 2.75) is 38.1 Å². The highest BCUT2D eigenvalue weighted by Gasteiger charge is 2.22. The molecule has 25 heavy (non-hydrogen) atoms. The van der Waals surface area contributed by atoms with Gasteiger partial charge in [0.15, 0.2) is 11.5 Å². The van der Waals surface area contributed by atoms with Crippen molar-refractivity contribution in [2.24, 2.45) is 0 Å². The van der Waals surface area contributed by atoms with E-state index in [0.717, 1.165) is 18.4 Å². The van der Waals surface area contributed by atoms with E-state index in [1.54, 1.807) is 21.3 Å². The van der Waals surface area contributed by atoms with Crippen molar-refractivity contribution in [1.29, 1.82) is 0 Å². The maximum atomic E-state index is 12.2. The molecule has 1 fully saturated rings. The molecular weight excluding hydrogens is 324 g/mol. The van der Waals surface area contributed by atoms with Crippen LogP contribution in [0.5, 0.6) is 17.2 Å². The lowest BCUT2D eigenvalue weighted by atomic mass is 10.1. The van der Waals surface area contributed by atoms with Gasteiger partial charge in [-0.3, -0.25) is 9.59 Å². The normalized spacial score (nSPS) is 17.2. The van der Waals surface area contributed by atoms with Crippen LogP contribution in [0.15, 0.2) is 12.1 Å². The first-order valence-corrected chi connectivity index (χ1v) is 8.45. The molecule has 0 radical (unpaired) electrons. The molecule has 1 aromatic rings. The summed E-state index contributed by atoms with van der Waals surface area (Å²) in [6.07, 6.45) is 3.35. The van der Waals surface area contributed by atoms with Crippen molar-refractivity contribution in [2.75, 3.05) is 27.9 Å². The molecule has 2 N–H and O–H groups in total. The van der Waals surface area contributed by atoms with Crippen LogP contribution in [0.3, 0.4) is 0 Å². The lowest BCUT2D eigenvalue weighted by Crippen LogP contribution is -2.45. The maximum Gasteiger partial charge on any atom is 0.242 e. The highest BCUT2D eigenvalue weighted by molar-refractivity contribution is 5.87. The number of carbonyl (C=O) groups excluding carboxylic acids is 2. The highest BCUT2D eigenvalue weighted by atomic mass is 16.5. The van der Waals surface area contributed by atoms with Gasteiger partial charge in [0.25, 0.3) is 0 Å². The van der Waals surface area contributed by atoms with Crippen LogP contribution in [0.2, 0.25) is 0 Å². The SMILES string of the molecule is COc1cc(CCC(=O)N[C@@H]2CCCCNC2=O)cc(OC)c1OC. The molecule has 2 rings (SSSR count). The first-order valence-electron chi connectivity index (χ1n) is 8.45. The summed E-state index contributed by atoms with van der Waals surface area (Å²) in [5, 5.41) is 5.64. The zero-order valence-corrected chi connectivity index (χ0v) is 15.0. The number of nitrogens with one attached hydrogen (secondary N) is 2. The van der Waals surface area contributed by atoms with E-state index in [2.05, 4.69) is 10.6 Å². The van der Waals surface area contributed by atoms with Crippen LogP contribution in [-0.2, 0) is 16.0 Å². The minimum Gasteiger partial charge on any atom is -0.493 e. The van der Waals surface area contributed by atoms with E-state index in [0.29, 0.717) is 36.6 Å². The van der Waals surface area contributed by atoms with Gasteiger partial charge in [0.1, 0.15) is 6.04 Å². The van der Waals surface area contributed by atoms with Gasteiger partial charge in [-0.25, -0.2) is 0 Å². The molecular formula is C18H26N2O5. The number of carbonyl (C=O) groups is 2. The van der Waals surface area contributed by atoms with Crippen molar-refractivity contribution < 1.29 is 23.8 Å². The molecule has 0 unspecified atom stereocenters. The number of amides is 2. The summed E-state index contributed by atoms with van der Waals surface area (Å²) in [7, 11) is 4.65. The number of rotatable bonds is 7. The van der Waals surface area contributed by atoms with Crippen LogP contribution >= 0.6 is 0 Å². The van der Waals surface area contributed by atoms with Crippen LogP contribution in [0.1, 0.15) is 31.2 Å². The third-order valence-electron chi connectivity index (χ3n) is 4.24. The summed E-state index contributed by atoms with van der Waals surface area (Å²) in [4.78, 5) is 24.1. The largest absolute Gasteiger partial charge is 0.493 e. The van der Waals surface area contributed by atoms with E-state index < -0.39 is 6.04 Å². The molecule has 7 heteroatoms. The average molecular weight is 350 g/mol. The molecule has 1 aliphatic heterocycles. The van der Waals surface area contributed by atoms with E-state index >= 15 is 0 Å². The number of hydrogen-bond donors (Lipinski definition) is 2. The Morgan fingerprint density at radius 3 is 2.44 bits per heavy atom. The Bertz CT molecular complexity index is 592. The van der Waals surface area contributed by atoms with Crippen LogP contribution in [0.25, 0.3) is 0 Å². The van der Waals surface area contributed by atoms with Gasteiger partial charge in [-0.2, -0.15) is 0 Å². The molecule has 1 atom stereocenters. The second kappa shape index (κ2) is 9.15. The molecule has 0 spiro atoms. The highest BCUT2D eigenvalue weighted by Crippen LogP contribution is 2.38. The fourth-order valence-corrected chi connectivity index (χ4v) is 2.88. The smallest absolute Gasteiger partial charge is 0.242 e. The minimum atomic E-state index is -0.435. The molecule has 1 aliphatic rings. The van der Waals surface area contributed by atoms with Gasteiger partial charge in [-0.1, -0.05) is 0 Å². The van der Waals surface area contributed by atoms with E-state index in [1.165, 1.54) is 0 Å². The fourth-order valence-electron chi connectivity index (χ4n) is 2.88. The number of benzene rings is 1. The third kappa shape index (κ3) is 5.01. The van der Waals surface area contributed by atoms with Crippen LogP contribution < -0.4 is 24.8 Å². The van der Waals surface area contributed by atoms with E-state index in [1.807, 2.05) is 12.1 Å². The van der Waals surface area contributed by atoms with E-state index in [-0.39, 0.29) is 18.2 Å². The van der Waals surface area contributed by atoms with Crippen molar-refractivity contribution in [3.8, 4) is 17.2 Å². The third-order valence-corrected chi connectivity index (χ3v) is 4.24. The summed E-state index contributed by atoms with van der Waals surface area (Å²) in [6, 6.07) is 3.22. The first kappa shape index (κ1) is 18.9. The summed E-state index contributed by atoms with van der Waals surface area (Å²) >= 11 is 0. The van der Waals surface area contributed by atoms with Crippen LogP contribution in [0, 0.1) is 0 Å². The minimum absolute atomic E-state index is 0.0985. The standard InChI is InChI=1S/C18H26N2O5/c1-23-14-10-12(11-15(24-2)17(14)25-3)7-8-16(21)20-13-6-4-5-9-19-18(13)22/h10-11,13H,4-9H2,1-3H3,(H,19,22)(H,20,21)/t13-/m1/s1. The quantitative estimate of drug-likeness (QED) is 0.777. The molecule has 0 saturated carbocycles. The number of methoxy groups -OCH3 is 3. The van der Waals surface area contributed by atoms with Crippen LogP contribution in [0.4, 0.5) is 0 Å². The Labute approximate surface area is 148 Å². The summed E-state index contributed by atoms with van der Waals surface area (Å²) in [6.45, 7) is 0.677. The molecule has 0 aromatic heterocycles. The molecule has 7 nitrogen and oxygen atoms in total.